The molecule has 6 heteroatoms. The fourth-order valence-corrected chi connectivity index (χ4v) is 4.10. The number of rotatable bonds is 7. The zero-order valence-electron chi connectivity index (χ0n) is 18.9. The molecule has 0 aromatic heterocycles. The van der Waals surface area contributed by atoms with Gasteiger partial charge in [-0.15, -0.1) is 0 Å². The van der Waals surface area contributed by atoms with Crippen molar-refractivity contribution in [2.45, 2.75) is 25.9 Å². The summed E-state index contributed by atoms with van der Waals surface area (Å²) in [6, 6.07) is 23.3. The van der Waals surface area contributed by atoms with E-state index in [9.17, 15) is 9.59 Å². The zero-order chi connectivity index (χ0) is 23.0. The van der Waals surface area contributed by atoms with E-state index in [-0.39, 0.29) is 11.9 Å². The Morgan fingerprint density at radius 1 is 0.848 bits per heavy atom. The van der Waals surface area contributed by atoms with E-state index in [1.54, 1.807) is 19.2 Å². The van der Waals surface area contributed by atoms with E-state index in [2.05, 4.69) is 39.0 Å². The standard InChI is InChI=1S/C27H30N4O2/c1-28-26(32)24-9-7-22(8-10-24)23-11-13-25(14-12-23)30-27(33)29-18-20-5-4-6-21(17-20)19-31-15-2-3-16-31/h4-14,17H,2-3,15-16,18-19H2,1H3,(H,28,32)(H2,29,30,33). The summed E-state index contributed by atoms with van der Waals surface area (Å²) in [5, 5.41) is 8.44. The first-order valence-electron chi connectivity index (χ1n) is 11.4. The van der Waals surface area contributed by atoms with Crippen molar-refractivity contribution in [1.82, 2.24) is 15.5 Å². The van der Waals surface area contributed by atoms with Gasteiger partial charge in [0.05, 0.1) is 0 Å². The Labute approximate surface area is 195 Å². The average molecular weight is 443 g/mol. The van der Waals surface area contributed by atoms with Gasteiger partial charge in [0.1, 0.15) is 0 Å². The third-order valence-corrected chi connectivity index (χ3v) is 5.90. The smallest absolute Gasteiger partial charge is 0.319 e. The van der Waals surface area contributed by atoms with Crippen molar-refractivity contribution in [3.05, 3.63) is 89.5 Å². The van der Waals surface area contributed by atoms with Gasteiger partial charge in [0, 0.05) is 31.4 Å². The first kappa shape index (κ1) is 22.6. The maximum absolute atomic E-state index is 12.4. The third kappa shape index (κ3) is 6.20. The molecule has 0 saturated carbocycles. The maximum Gasteiger partial charge on any atom is 0.319 e. The van der Waals surface area contributed by atoms with Crippen molar-refractivity contribution in [2.24, 2.45) is 0 Å². The van der Waals surface area contributed by atoms with E-state index in [4.69, 9.17) is 0 Å². The lowest BCUT2D eigenvalue weighted by molar-refractivity contribution is 0.0963. The Morgan fingerprint density at radius 3 is 2.15 bits per heavy atom. The van der Waals surface area contributed by atoms with Gasteiger partial charge in [0.15, 0.2) is 0 Å². The first-order chi connectivity index (χ1) is 16.1. The minimum atomic E-state index is -0.234. The van der Waals surface area contributed by atoms with Gasteiger partial charge in [-0.25, -0.2) is 4.79 Å². The van der Waals surface area contributed by atoms with E-state index in [0.717, 1.165) is 28.9 Å². The molecule has 1 fully saturated rings. The molecule has 1 saturated heterocycles. The van der Waals surface area contributed by atoms with E-state index in [1.807, 2.05) is 42.5 Å². The van der Waals surface area contributed by atoms with Crippen LogP contribution in [-0.2, 0) is 13.1 Å². The molecule has 0 spiro atoms. The molecular weight excluding hydrogens is 412 g/mol. The quantitative estimate of drug-likeness (QED) is 0.499. The highest BCUT2D eigenvalue weighted by Gasteiger charge is 2.12. The summed E-state index contributed by atoms with van der Waals surface area (Å²) < 4.78 is 0. The molecule has 4 rings (SSSR count). The highest BCUT2D eigenvalue weighted by atomic mass is 16.2. The Bertz CT molecular complexity index is 1090. The maximum atomic E-state index is 12.4. The number of carbonyl (C=O) groups excluding carboxylic acids is 2. The number of nitrogens with one attached hydrogen (secondary N) is 3. The lowest BCUT2D eigenvalue weighted by Gasteiger charge is -2.15. The van der Waals surface area contributed by atoms with Gasteiger partial charge in [-0.1, -0.05) is 48.5 Å². The molecule has 0 atom stereocenters. The second-order valence-electron chi connectivity index (χ2n) is 8.34. The molecule has 0 bridgehead atoms. The second-order valence-corrected chi connectivity index (χ2v) is 8.34. The molecular formula is C27H30N4O2. The van der Waals surface area contributed by atoms with E-state index < -0.39 is 0 Å². The SMILES string of the molecule is CNC(=O)c1ccc(-c2ccc(NC(=O)NCc3cccc(CN4CCCC4)c3)cc2)cc1. The van der Waals surface area contributed by atoms with Crippen LogP contribution in [0.4, 0.5) is 10.5 Å². The molecule has 3 aromatic carbocycles. The van der Waals surface area contributed by atoms with Crippen LogP contribution in [-0.4, -0.2) is 37.0 Å². The topological polar surface area (TPSA) is 73.5 Å². The molecule has 3 aromatic rings. The van der Waals surface area contributed by atoms with Crippen molar-refractivity contribution in [3.63, 3.8) is 0 Å². The number of hydrogen-bond donors (Lipinski definition) is 3. The summed E-state index contributed by atoms with van der Waals surface area (Å²) in [7, 11) is 1.62. The van der Waals surface area contributed by atoms with Crippen LogP contribution in [0, 0.1) is 0 Å². The van der Waals surface area contributed by atoms with Crippen LogP contribution in [0.2, 0.25) is 0 Å². The molecule has 0 radical (unpaired) electrons. The Balaban J connectivity index is 1.29. The van der Waals surface area contributed by atoms with Gasteiger partial charge in [-0.2, -0.15) is 0 Å². The molecule has 33 heavy (non-hydrogen) atoms. The van der Waals surface area contributed by atoms with E-state index >= 15 is 0 Å². The van der Waals surface area contributed by atoms with Crippen LogP contribution in [0.1, 0.15) is 34.3 Å². The normalized spacial score (nSPS) is 13.5. The number of nitrogens with zero attached hydrogens (tertiary/aromatic N) is 1. The number of likely N-dealkylation sites (tertiary alicyclic amines) is 1. The Hall–Kier alpha value is -3.64. The van der Waals surface area contributed by atoms with Gasteiger partial charge in [-0.3, -0.25) is 9.69 Å². The summed E-state index contributed by atoms with van der Waals surface area (Å²) in [6.45, 7) is 3.80. The summed E-state index contributed by atoms with van der Waals surface area (Å²) in [4.78, 5) is 26.5. The number of amides is 3. The van der Waals surface area contributed by atoms with Crippen LogP contribution >= 0.6 is 0 Å². The fourth-order valence-electron chi connectivity index (χ4n) is 4.10. The minimum Gasteiger partial charge on any atom is -0.355 e. The largest absolute Gasteiger partial charge is 0.355 e. The Kier molecular flexibility index (Phi) is 7.37. The van der Waals surface area contributed by atoms with E-state index in [1.165, 1.54) is 31.5 Å². The van der Waals surface area contributed by atoms with Crippen LogP contribution in [0.25, 0.3) is 11.1 Å². The Morgan fingerprint density at radius 2 is 1.48 bits per heavy atom. The van der Waals surface area contributed by atoms with Crippen molar-refractivity contribution in [1.29, 1.82) is 0 Å². The van der Waals surface area contributed by atoms with Crippen LogP contribution in [0.15, 0.2) is 72.8 Å². The molecule has 1 heterocycles. The molecule has 170 valence electrons. The number of carbonyl (C=O) groups is 2. The highest BCUT2D eigenvalue weighted by Crippen LogP contribution is 2.22. The predicted octanol–water partition coefficient (Wildman–Crippen LogP) is 4.63. The number of anilines is 1. The third-order valence-electron chi connectivity index (χ3n) is 5.90. The summed E-state index contributed by atoms with van der Waals surface area (Å²) >= 11 is 0. The van der Waals surface area contributed by atoms with Crippen LogP contribution < -0.4 is 16.0 Å². The molecule has 3 N–H and O–H groups in total. The van der Waals surface area contributed by atoms with Gasteiger partial charge in [0.25, 0.3) is 5.91 Å². The lowest BCUT2D eigenvalue weighted by atomic mass is 10.0. The summed E-state index contributed by atoms with van der Waals surface area (Å²) in [6.07, 6.45) is 2.57. The van der Waals surface area contributed by atoms with Crippen molar-refractivity contribution in [3.8, 4) is 11.1 Å². The molecule has 1 aliphatic rings. The molecule has 6 nitrogen and oxygen atoms in total. The summed E-state index contributed by atoms with van der Waals surface area (Å²) in [5.74, 6) is -0.106. The lowest BCUT2D eigenvalue weighted by Crippen LogP contribution is -2.28. The highest BCUT2D eigenvalue weighted by molar-refractivity contribution is 5.94. The van der Waals surface area contributed by atoms with Gasteiger partial charge in [-0.05, 0) is 72.5 Å². The van der Waals surface area contributed by atoms with Crippen molar-refractivity contribution < 1.29 is 9.59 Å². The zero-order valence-corrected chi connectivity index (χ0v) is 18.9. The molecule has 0 aliphatic carbocycles. The minimum absolute atomic E-state index is 0.106. The van der Waals surface area contributed by atoms with Gasteiger partial charge < -0.3 is 16.0 Å². The van der Waals surface area contributed by atoms with Gasteiger partial charge >= 0.3 is 6.03 Å². The van der Waals surface area contributed by atoms with Crippen LogP contribution in [0.5, 0.6) is 0 Å². The number of urea groups is 1. The van der Waals surface area contributed by atoms with Crippen molar-refractivity contribution in [2.75, 3.05) is 25.5 Å². The average Bonchev–Trinajstić information content (AvgIpc) is 3.36. The second kappa shape index (κ2) is 10.8. The fraction of sp³-hybridized carbons (Fsp3) is 0.259. The molecule has 1 aliphatic heterocycles. The van der Waals surface area contributed by atoms with E-state index in [0.29, 0.717) is 12.1 Å². The van der Waals surface area contributed by atoms with Gasteiger partial charge in [0.2, 0.25) is 0 Å². The number of benzene rings is 3. The van der Waals surface area contributed by atoms with Crippen LogP contribution in [0.3, 0.4) is 0 Å². The first-order valence-corrected chi connectivity index (χ1v) is 11.4. The predicted molar refractivity (Wildman–Crippen MR) is 132 cm³/mol. The summed E-state index contributed by atoms with van der Waals surface area (Å²) in [5.41, 5.74) is 5.75. The molecule has 0 unspecified atom stereocenters. The van der Waals surface area contributed by atoms with Crippen molar-refractivity contribution >= 4 is 17.6 Å². The molecule has 3 amide bonds. The number of hydrogen-bond acceptors (Lipinski definition) is 3. The monoisotopic (exact) mass is 442 g/mol.